The second kappa shape index (κ2) is 6.56. The zero-order valence-electron chi connectivity index (χ0n) is 14.7. The minimum Gasteiger partial charge on any atom is -0.354 e. The predicted octanol–water partition coefficient (Wildman–Crippen LogP) is 2.09. The van der Waals surface area contributed by atoms with Crippen LogP contribution in [-0.4, -0.2) is 38.1 Å². The summed E-state index contributed by atoms with van der Waals surface area (Å²) < 4.78 is 1.99. The van der Waals surface area contributed by atoms with Crippen LogP contribution in [0.1, 0.15) is 41.3 Å². The second-order valence-corrected chi connectivity index (χ2v) is 6.56. The molecule has 2 aromatic heterocycles. The second-order valence-electron chi connectivity index (χ2n) is 6.56. The van der Waals surface area contributed by atoms with Crippen molar-refractivity contribution in [2.45, 2.75) is 47.1 Å². The Morgan fingerprint density at radius 3 is 2.67 bits per heavy atom. The molecule has 0 aliphatic carbocycles. The quantitative estimate of drug-likeness (QED) is 0.859. The van der Waals surface area contributed by atoms with E-state index in [2.05, 4.69) is 31.2 Å². The van der Waals surface area contributed by atoms with Gasteiger partial charge in [-0.05, 0) is 52.0 Å². The van der Waals surface area contributed by atoms with Crippen molar-refractivity contribution < 1.29 is 0 Å². The average molecular weight is 325 g/mol. The predicted molar refractivity (Wildman–Crippen MR) is 90.7 cm³/mol. The van der Waals surface area contributed by atoms with Gasteiger partial charge in [-0.15, -0.1) is 5.10 Å². The van der Waals surface area contributed by atoms with Gasteiger partial charge in [0.15, 0.2) is 5.82 Å². The van der Waals surface area contributed by atoms with Crippen molar-refractivity contribution in [1.29, 1.82) is 5.26 Å². The van der Waals surface area contributed by atoms with Gasteiger partial charge in [-0.3, -0.25) is 0 Å². The highest BCUT2D eigenvalue weighted by atomic mass is 15.3. The molecule has 24 heavy (non-hydrogen) atoms. The van der Waals surface area contributed by atoms with Crippen molar-refractivity contribution in [3.05, 3.63) is 28.5 Å². The van der Waals surface area contributed by atoms with Crippen LogP contribution in [0.4, 0.5) is 5.82 Å². The lowest BCUT2D eigenvalue weighted by atomic mass is 9.97. The largest absolute Gasteiger partial charge is 0.354 e. The lowest BCUT2D eigenvalue weighted by Gasteiger charge is -2.34. The molecule has 0 unspecified atom stereocenters. The molecule has 3 rings (SSSR count). The van der Waals surface area contributed by atoms with Crippen LogP contribution in [0.2, 0.25) is 0 Å². The van der Waals surface area contributed by atoms with Gasteiger partial charge in [0.25, 0.3) is 0 Å². The Bertz CT molecular complexity index is 787. The van der Waals surface area contributed by atoms with Gasteiger partial charge >= 0.3 is 0 Å². The van der Waals surface area contributed by atoms with Gasteiger partial charge in [0.05, 0.1) is 5.69 Å². The summed E-state index contributed by atoms with van der Waals surface area (Å²) in [5.41, 5.74) is 2.39. The number of rotatable bonds is 3. The first kappa shape index (κ1) is 16.4. The van der Waals surface area contributed by atoms with Crippen molar-refractivity contribution in [1.82, 2.24) is 25.0 Å². The molecule has 0 aromatic carbocycles. The van der Waals surface area contributed by atoms with Crippen LogP contribution in [0.25, 0.3) is 0 Å². The number of hydrogen-bond acceptors (Lipinski definition) is 6. The van der Waals surface area contributed by atoms with Crippen LogP contribution in [0.3, 0.4) is 0 Å². The number of nitrogens with zero attached hydrogens (tertiary/aromatic N) is 7. The lowest BCUT2D eigenvalue weighted by molar-refractivity contribution is 0.346. The van der Waals surface area contributed by atoms with E-state index < -0.39 is 0 Å². The first-order valence-corrected chi connectivity index (χ1v) is 8.36. The fourth-order valence-corrected chi connectivity index (χ4v) is 3.34. The van der Waals surface area contributed by atoms with E-state index in [9.17, 15) is 5.26 Å². The molecule has 126 valence electrons. The van der Waals surface area contributed by atoms with Gasteiger partial charge in [0.2, 0.25) is 0 Å². The highest BCUT2D eigenvalue weighted by Crippen LogP contribution is 2.27. The normalized spacial score (nSPS) is 17.8. The maximum Gasteiger partial charge on any atom is 0.169 e. The molecule has 0 bridgehead atoms. The monoisotopic (exact) mass is 325 g/mol. The maximum absolute atomic E-state index is 9.53. The van der Waals surface area contributed by atoms with Crippen LogP contribution in [0.5, 0.6) is 0 Å². The fraction of sp³-hybridized carbons (Fsp3) is 0.588. The highest BCUT2D eigenvalue weighted by molar-refractivity contribution is 5.57. The van der Waals surface area contributed by atoms with E-state index in [0.29, 0.717) is 11.5 Å². The van der Waals surface area contributed by atoms with Gasteiger partial charge < -0.3 is 4.90 Å². The smallest absolute Gasteiger partial charge is 0.169 e. The molecule has 1 aliphatic heterocycles. The van der Waals surface area contributed by atoms with E-state index in [1.54, 1.807) is 0 Å². The minimum absolute atomic E-state index is 0.466. The Morgan fingerprint density at radius 1 is 1.21 bits per heavy atom. The molecule has 1 saturated heterocycles. The minimum atomic E-state index is 0.466. The summed E-state index contributed by atoms with van der Waals surface area (Å²) in [4.78, 5) is 6.57. The van der Waals surface area contributed by atoms with Crippen molar-refractivity contribution in [3.8, 4) is 6.07 Å². The van der Waals surface area contributed by atoms with E-state index in [1.807, 2.05) is 32.4 Å². The van der Waals surface area contributed by atoms with Gasteiger partial charge in [-0.1, -0.05) is 0 Å². The molecule has 3 heterocycles. The average Bonchev–Trinajstić information content (AvgIpc) is 2.87. The third-order valence-corrected chi connectivity index (χ3v) is 4.76. The molecule has 0 spiro atoms. The SMILES string of the molecule is Cc1nc(C)n(C[C@H]2CCCN(c3nnc(C)c(C)c3C#N)C2)n1. The van der Waals surface area contributed by atoms with Crippen molar-refractivity contribution in [2.75, 3.05) is 18.0 Å². The molecule has 2 aromatic rings. The Balaban J connectivity index is 1.80. The molecule has 0 N–H and O–H groups in total. The lowest BCUT2D eigenvalue weighted by Crippen LogP contribution is -2.38. The summed E-state index contributed by atoms with van der Waals surface area (Å²) in [6.45, 7) is 10.4. The van der Waals surface area contributed by atoms with E-state index in [4.69, 9.17) is 0 Å². The zero-order chi connectivity index (χ0) is 17.3. The standard InChI is InChI=1S/C17H23N7/c1-11-12(2)20-21-17(16(11)8-18)23-7-5-6-15(9-23)10-24-14(4)19-13(3)22-24/h15H,5-7,9-10H2,1-4H3/t15-/m0/s1. The van der Waals surface area contributed by atoms with Gasteiger partial charge in [-0.2, -0.15) is 15.5 Å². The van der Waals surface area contributed by atoms with Gasteiger partial charge in [-0.25, -0.2) is 9.67 Å². The fourth-order valence-electron chi connectivity index (χ4n) is 3.34. The molecule has 0 saturated carbocycles. The Hall–Kier alpha value is -2.49. The number of aryl methyl sites for hydroxylation is 3. The van der Waals surface area contributed by atoms with Crippen LogP contribution < -0.4 is 4.90 Å². The number of anilines is 1. The number of hydrogen-bond donors (Lipinski definition) is 0. The Morgan fingerprint density at radius 2 is 2.00 bits per heavy atom. The van der Waals surface area contributed by atoms with Crippen LogP contribution >= 0.6 is 0 Å². The summed E-state index contributed by atoms with van der Waals surface area (Å²) >= 11 is 0. The van der Waals surface area contributed by atoms with Crippen LogP contribution in [0, 0.1) is 44.9 Å². The van der Waals surface area contributed by atoms with E-state index in [1.165, 1.54) is 0 Å². The molecular weight excluding hydrogens is 302 g/mol. The number of aromatic nitrogens is 5. The third-order valence-electron chi connectivity index (χ3n) is 4.76. The van der Waals surface area contributed by atoms with Crippen molar-refractivity contribution in [2.24, 2.45) is 5.92 Å². The molecule has 0 radical (unpaired) electrons. The van der Waals surface area contributed by atoms with E-state index in [0.717, 1.165) is 61.2 Å². The first-order chi connectivity index (χ1) is 11.5. The molecule has 7 nitrogen and oxygen atoms in total. The molecule has 1 fully saturated rings. The molecular formula is C17H23N7. The van der Waals surface area contributed by atoms with Crippen molar-refractivity contribution >= 4 is 5.82 Å². The summed E-state index contributed by atoms with van der Waals surface area (Å²) in [5.74, 6) is 2.95. The topological polar surface area (TPSA) is 83.5 Å². The molecule has 7 heteroatoms. The first-order valence-electron chi connectivity index (χ1n) is 8.36. The van der Waals surface area contributed by atoms with E-state index in [-0.39, 0.29) is 0 Å². The Kier molecular flexibility index (Phi) is 4.47. The van der Waals surface area contributed by atoms with Gasteiger partial charge in [0.1, 0.15) is 23.3 Å². The van der Waals surface area contributed by atoms with Crippen LogP contribution in [-0.2, 0) is 6.54 Å². The Labute approximate surface area is 142 Å². The van der Waals surface area contributed by atoms with E-state index >= 15 is 0 Å². The summed E-state index contributed by atoms with van der Waals surface area (Å²) in [6, 6.07) is 2.31. The van der Waals surface area contributed by atoms with Crippen LogP contribution in [0.15, 0.2) is 0 Å². The molecule has 0 amide bonds. The molecule has 1 atom stereocenters. The zero-order valence-corrected chi connectivity index (χ0v) is 14.7. The summed E-state index contributed by atoms with van der Waals surface area (Å²) in [5, 5.41) is 22.5. The highest BCUT2D eigenvalue weighted by Gasteiger charge is 2.25. The summed E-state index contributed by atoms with van der Waals surface area (Å²) in [6.07, 6.45) is 2.23. The van der Waals surface area contributed by atoms with Crippen molar-refractivity contribution in [3.63, 3.8) is 0 Å². The number of piperidine rings is 1. The van der Waals surface area contributed by atoms with Gasteiger partial charge in [0, 0.05) is 19.6 Å². The maximum atomic E-state index is 9.53. The molecule has 1 aliphatic rings. The third kappa shape index (κ3) is 3.09. The number of nitriles is 1. The summed E-state index contributed by atoms with van der Waals surface area (Å²) in [7, 11) is 0.